The highest BCUT2D eigenvalue weighted by atomic mass is 16.1. The molecule has 0 spiro atoms. The summed E-state index contributed by atoms with van der Waals surface area (Å²) in [5.74, 6) is -0.391. The van der Waals surface area contributed by atoms with Crippen molar-refractivity contribution in [3.63, 3.8) is 0 Å². The number of aromatic nitrogens is 1. The van der Waals surface area contributed by atoms with E-state index in [0.717, 1.165) is 48.2 Å². The van der Waals surface area contributed by atoms with Gasteiger partial charge in [-0.1, -0.05) is 36.4 Å². The minimum atomic E-state index is -0.197. The fourth-order valence-corrected chi connectivity index (χ4v) is 3.91. The summed E-state index contributed by atoms with van der Waals surface area (Å²) >= 11 is 0. The average molecular weight is 428 g/mol. The molecular formula is C27H29N3O2. The molecule has 0 atom stereocenters. The molecule has 0 radical (unpaired) electrons. The van der Waals surface area contributed by atoms with Crippen LogP contribution in [0.15, 0.2) is 66.9 Å². The Balaban J connectivity index is 1.30. The van der Waals surface area contributed by atoms with E-state index in [2.05, 4.69) is 35.0 Å². The number of benzene rings is 2. The third-order valence-electron chi connectivity index (χ3n) is 5.95. The largest absolute Gasteiger partial charge is 0.369 e. The lowest BCUT2D eigenvalue weighted by Crippen LogP contribution is -2.44. The first-order chi connectivity index (χ1) is 15.5. The number of hydrogen-bond donors (Lipinski definition) is 0. The van der Waals surface area contributed by atoms with Crippen molar-refractivity contribution in [1.82, 2.24) is 9.47 Å². The molecule has 5 heteroatoms. The van der Waals surface area contributed by atoms with Crippen molar-refractivity contribution in [1.29, 1.82) is 0 Å². The van der Waals surface area contributed by atoms with Gasteiger partial charge in [0.2, 0.25) is 0 Å². The monoisotopic (exact) mass is 427 g/mol. The highest BCUT2D eigenvalue weighted by molar-refractivity contribution is 6.11. The Morgan fingerprint density at radius 3 is 2.12 bits per heavy atom. The fraction of sp³-hybridized carbons (Fsp3) is 0.259. The zero-order valence-electron chi connectivity index (χ0n) is 18.7. The third-order valence-corrected chi connectivity index (χ3v) is 5.95. The molecule has 1 aliphatic rings. The van der Waals surface area contributed by atoms with Crippen LogP contribution in [0.4, 0.5) is 5.69 Å². The number of piperazine rings is 1. The lowest BCUT2D eigenvalue weighted by molar-refractivity contribution is -0.121. The molecule has 164 valence electrons. The molecule has 4 rings (SSSR count). The van der Waals surface area contributed by atoms with Gasteiger partial charge in [-0.15, -0.1) is 0 Å². The number of carbonyl (C=O) groups excluding carboxylic acids is 2. The van der Waals surface area contributed by atoms with Crippen LogP contribution in [0.25, 0.3) is 23.1 Å². The number of allylic oxidation sites excluding steroid dienone is 2. The van der Waals surface area contributed by atoms with E-state index in [9.17, 15) is 9.59 Å². The molecular weight excluding hydrogens is 398 g/mol. The molecule has 1 fully saturated rings. The quantitative estimate of drug-likeness (QED) is 0.419. The Bertz CT molecular complexity index is 1160. The van der Waals surface area contributed by atoms with Gasteiger partial charge in [0.1, 0.15) is 0 Å². The first-order valence-corrected chi connectivity index (χ1v) is 11.0. The van der Waals surface area contributed by atoms with Gasteiger partial charge in [0.25, 0.3) is 0 Å². The third kappa shape index (κ3) is 5.42. The van der Waals surface area contributed by atoms with Crippen molar-refractivity contribution in [3.05, 3.63) is 78.0 Å². The fourth-order valence-electron chi connectivity index (χ4n) is 3.91. The Morgan fingerprint density at radius 1 is 0.812 bits per heavy atom. The summed E-state index contributed by atoms with van der Waals surface area (Å²) in [5, 5.41) is 1.16. The summed E-state index contributed by atoms with van der Waals surface area (Å²) in [5.41, 5.74) is 4.21. The van der Waals surface area contributed by atoms with Crippen LogP contribution in [0, 0.1) is 0 Å². The molecule has 32 heavy (non-hydrogen) atoms. The van der Waals surface area contributed by atoms with E-state index in [1.807, 2.05) is 48.1 Å². The van der Waals surface area contributed by atoms with Crippen LogP contribution in [0.3, 0.4) is 0 Å². The summed E-state index contributed by atoms with van der Waals surface area (Å²) in [7, 11) is 4.14. The highest BCUT2D eigenvalue weighted by Gasteiger charge is 2.13. The van der Waals surface area contributed by atoms with Crippen molar-refractivity contribution >= 4 is 40.3 Å². The topological polar surface area (TPSA) is 45.6 Å². The van der Waals surface area contributed by atoms with Gasteiger partial charge >= 0.3 is 0 Å². The van der Waals surface area contributed by atoms with Crippen molar-refractivity contribution in [2.75, 3.05) is 38.1 Å². The molecule has 0 N–H and O–H groups in total. The first kappa shape index (κ1) is 21.8. The van der Waals surface area contributed by atoms with E-state index >= 15 is 0 Å². The number of carbonyl (C=O) groups is 2. The lowest BCUT2D eigenvalue weighted by Gasteiger charge is -2.34. The first-order valence-electron chi connectivity index (χ1n) is 11.0. The van der Waals surface area contributed by atoms with Crippen molar-refractivity contribution in [2.24, 2.45) is 7.05 Å². The Hall–Kier alpha value is -3.44. The number of aryl methyl sites for hydroxylation is 1. The summed E-state index contributed by atoms with van der Waals surface area (Å²) in [6.07, 6.45) is 8.40. The SMILES string of the molecule is CN1CCN(c2ccc(/C=C/C(=O)CC(=O)/C=C/c3ccc4ccn(C)c4c3)cc2)CC1. The van der Waals surface area contributed by atoms with Crippen LogP contribution in [0.2, 0.25) is 0 Å². The smallest absolute Gasteiger partial charge is 0.163 e. The van der Waals surface area contributed by atoms with Gasteiger partial charge in [-0.25, -0.2) is 0 Å². The maximum atomic E-state index is 12.2. The van der Waals surface area contributed by atoms with Gasteiger partial charge in [-0.3, -0.25) is 9.59 Å². The van der Waals surface area contributed by atoms with Gasteiger partial charge in [-0.05, 0) is 60.0 Å². The normalized spacial score (nSPS) is 15.2. The van der Waals surface area contributed by atoms with E-state index in [1.165, 1.54) is 17.8 Å². The number of likely N-dealkylation sites (N-methyl/N-ethyl adjacent to an activating group) is 1. The second kappa shape index (κ2) is 9.79. The van der Waals surface area contributed by atoms with Crippen LogP contribution >= 0.6 is 0 Å². The average Bonchev–Trinajstić information content (AvgIpc) is 3.17. The highest BCUT2D eigenvalue weighted by Crippen LogP contribution is 2.19. The van der Waals surface area contributed by atoms with Crippen LogP contribution in [0.1, 0.15) is 17.5 Å². The molecule has 0 unspecified atom stereocenters. The number of fused-ring (bicyclic) bond motifs is 1. The molecule has 1 saturated heterocycles. The maximum absolute atomic E-state index is 12.2. The number of nitrogens with zero attached hydrogens (tertiary/aromatic N) is 3. The van der Waals surface area contributed by atoms with Gasteiger partial charge in [-0.2, -0.15) is 0 Å². The van der Waals surface area contributed by atoms with Crippen molar-refractivity contribution in [3.8, 4) is 0 Å². The van der Waals surface area contributed by atoms with Crippen LogP contribution in [-0.4, -0.2) is 54.3 Å². The Labute approximate surface area is 189 Å². The van der Waals surface area contributed by atoms with Gasteiger partial charge in [0, 0.05) is 50.6 Å². The molecule has 0 bridgehead atoms. The Kier molecular flexibility index (Phi) is 6.66. The summed E-state index contributed by atoms with van der Waals surface area (Å²) < 4.78 is 2.04. The number of anilines is 1. The van der Waals surface area contributed by atoms with E-state index < -0.39 is 0 Å². The zero-order chi connectivity index (χ0) is 22.5. The minimum Gasteiger partial charge on any atom is -0.369 e. The lowest BCUT2D eigenvalue weighted by atomic mass is 10.1. The summed E-state index contributed by atoms with van der Waals surface area (Å²) in [6, 6.07) is 16.3. The van der Waals surface area contributed by atoms with Gasteiger partial charge in [0.05, 0.1) is 6.42 Å². The molecule has 2 heterocycles. The summed E-state index contributed by atoms with van der Waals surface area (Å²) in [6.45, 7) is 4.19. The van der Waals surface area contributed by atoms with E-state index in [1.54, 1.807) is 12.2 Å². The molecule has 1 aliphatic heterocycles. The molecule has 2 aromatic carbocycles. The second-order valence-corrected chi connectivity index (χ2v) is 8.40. The Morgan fingerprint density at radius 2 is 1.44 bits per heavy atom. The maximum Gasteiger partial charge on any atom is 0.163 e. The van der Waals surface area contributed by atoms with Crippen LogP contribution < -0.4 is 4.90 Å². The predicted molar refractivity (Wildman–Crippen MR) is 132 cm³/mol. The predicted octanol–water partition coefficient (Wildman–Crippen LogP) is 4.19. The number of hydrogen-bond acceptors (Lipinski definition) is 4. The summed E-state index contributed by atoms with van der Waals surface area (Å²) in [4.78, 5) is 29.1. The number of ketones is 2. The van der Waals surface area contributed by atoms with Gasteiger partial charge in [0.15, 0.2) is 11.6 Å². The molecule has 0 saturated carbocycles. The number of rotatable bonds is 7. The van der Waals surface area contributed by atoms with Crippen molar-refractivity contribution < 1.29 is 9.59 Å². The minimum absolute atomic E-state index is 0.126. The van der Waals surface area contributed by atoms with E-state index in [-0.39, 0.29) is 18.0 Å². The molecule has 3 aromatic rings. The zero-order valence-corrected chi connectivity index (χ0v) is 18.7. The van der Waals surface area contributed by atoms with E-state index in [4.69, 9.17) is 0 Å². The molecule has 1 aromatic heterocycles. The van der Waals surface area contributed by atoms with Crippen LogP contribution in [-0.2, 0) is 16.6 Å². The van der Waals surface area contributed by atoms with Gasteiger partial charge < -0.3 is 14.4 Å². The molecule has 0 amide bonds. The van der Waals surface area contributed by atoms with Crippen molar-refractivity contribution in [2.45, 2.75) is 6.42 Å². The standard InChI is InChI=1S/C27H29N3O2/c1-28-15-17-30(18-16-28)24-9-4-21(5-10-24)6-11-25(31)20-26(32)12-7-22-3-8-23-13-14-29(2)27(23)19-22/h3-14,19H,15-18,20H2,1-2H3/b11-6+,12-7+. The molecule has 0 aliphatic carbocycles. The second-order valence-electron chi connectivity index (χ2n) is 8.40. The molecule has 5 nitrogen and oxygen atoms in total. The van der Waals surface area contributed by atoms with Crippen LogP contribution in [0.5, 0.6) is 0 Å². The van der Waals surface area contributed by atoms with E-state index in [0.29, 0.717) is 0 Å².